The van der Waals surface area contributed by atoms with Gasteiger partial charge >= 0.3 is 5.97 Å². The molecule has 0 amide bonds. The number of carbonyl (C=O) groups is 1. The Labute approximate surface area is 108 Å². The molecule has 18 heavy (non-hydrogen) atoms. The van der Waals surface area contributed by atoms with Crippen LogP contribution in [0, 0.1) is 23.7 Å². The third-order valence-corrected chi connectivity index (χ3v) is 5.64. The average Bonchev–Trinajstić information content (AvgIpc) is 2.86. The number of epoxide rings is 1. The third kappa shape index (κ3) is 1.43. The fourth-order valence-corrected chi connectivity index (χ4v) is 4.59. The van der Waals surface area contributed by atoms with Gasteiger partial charge in [0.1, 0.15) is 0 Å². The largest absolute Gasteiger partial charge is 0.462 e. The lowest BCUT2D eigenvalue weighted by Crippen LogP contribution is -2.33. The Hall–Kier alpha value is -0.830. The molecule has 0 N–H and O–H groups in total. The zero-order valence-corrected chi connectivity index (χ0v) is 10.9. The molecule has 98 valence electrons. The van der Waals surface area contributed by atoms with E-state index in [1.54, 1.807) is 0 Å². The molecule has 2 saturated heterocycles. The first-order valence-electron chi connectivity index (χ1n) is 7.20. The fourth-order valence-electron chi connectivity index (χ4n) is 4.59. The van der Waals surface area contributed by atoms with E-state index >= 15 is 0 Å². The summed E-state index contributed by atoms with van der Waals surface area (Å²) in [5.74, 6) is 2.29. The Bertz CT molecular complexity index is 421. The highest BCUT2D eigenvalue weighted by Gasteiger charge is 2.57. The van der Waals surface area contributed by atoms with Crippen molar-refractivity contribution in [2.24, 2.45) is 23.7 Å². The normalized spacial score (nSPS) is 50.1. The summed E-state index contributed by atoms with van der Waals surface area (Å²) in [6, 6.07) is 0. The molecule has 3 fully saturated rings. The van der Waals surface area contributed by atoms with Crippen LogP contribution >= 0.6 is 0 Å². The summed E-state index contributed by atoms with van der Waals surface area (Å²) >= 11 is 0. The molecular weight excluding hydrogens is 228 g/mol. The van der Waals surface area contributed by atoms with Crippen molar-refractivity contribution in [1.82, 2.24) is 0 Å². The summed E-state index contributed by atoms with van der Waals surface area (Å²) < 4.78 is 11.0. The van der Waals surface area contributed by atoms with Crippen LogP contribution in [0.15, 0.2) is 11.6 Å². The highest BCUT2D eigenvalue weighted by atomic mass is 16.6. The molecule has 0 radical (unpaired) electrons. The number of rotatable bonds is 1. The first-order valence-corrected chi connectivity index (χ1v) is 7.20. The smallest absolute Gasteiger partial charge is 0.334 e. The number of carbonyl (C=O) groups excluding carboxylic acids is 1. The highest BCUT2D eigenvalue weighted by Crippen LogP contribution is 2.56. The average molecular weight is 248 g/mol. The van der Waals surface area contributed by atoms with Gasteiger partial charge in [-0.2, -0.15) is 0 Å². The van der Waals surface area contributed by atoms with Crippen molar-refractivity contribution in [3.8, 4) is 0 Å². The molecule has 2 heterocycles. The summed E-state index contributed by atoms with van der Waals surface area (Å²) in [5, 5.41) is 0. The number of allylic oxidation sites excluding steroid dienone is 1. The Kier molecular flexibility index (Phi) is 2.20. The summed E-state index contributed by atoms with van der Waals surface area (Å²) in [6.07, 6.45) is 7.01. The van der Waals surface area contributed by atoms with Gasteiger partial charge in [0.25, 0.3) is 0 Å². The van der Waals surface area contributed by atoms with E-state index in [-0.39, 0.29) is 11.6 Å². The molecule has 1 saturated carbocycles. The van der Waals surface area contributed by atoms with Crippen molar-refractivity contribution >= 4 is 5.97 Å². The number of esters is 1. The molecule has 4 rings (SSSR count). The second kappa shape index (κ2) is 3.60. The van der Waals surface area contributed by atoms with E-state index in [1.165, 1.54) is 19.3 Å². The monoisotopic (exact) mass is 248 g/mol. The SMILES string of the molecule is C[C@]1([C@H]2CC[C@@H]3CCC=C4C(=O)OC[C@@H]4[C@H]32)CO1. The van der Waals surface area contributed by atoms with Gasteiger partial charge in [0.2, 0.25) is 0 Å². The zero-order chi connectivity index (χ0) is 12.3. The molecule has 2 aliphatic carbocycles. The van der Waals surface area contributed by atoms with Gasteiger partial charge in [-0.05, 0) is 50.4 Å². The minimum absolute atomic E-state index is 0.0619. The summed E-state index contributed by atoms with van der Waals surface area (Å²) in [4.78, 5) is 11.8. The lowest BCUT2D eigenvalue weighted by molar-refractivity contribution is -0.135. The maximum absolute atomic E-state index is 11.8. The van der Waals surface area contributed by atoms with Crippen LogP contribution in [0.2, 0.25) is 0 Å². The maximum atomic E-state index is 11.8. The van der Waals surface area contributed by atoms with Gasteiger partial charge in [0, 0.05) is 11.5 Å². The quantitative estimate of drug-likeness (QED) is 0.528. The van der Waals surface area contributed by atoms with Crippen molar-refractivity contribution in [2.75, 3.05) is 13.2 Å². The molecule has 2 aliphatic heterocycles. The Morgan fingerprint density at radius 1 is 1.33 bits per heavy atom. The van der Waals surface area contributed by atoms with Crippen LogP contribution in [0.1, 0.15) is 32.6 Å². The molecule has 3 heteroatoms. The molecule has 4 aliphatic rings. The van der Waals surface area contributed by atoms with Gasteiger partial charge in [-0.15, -0.1) is 0 Å². The number of cyclic esters (lactones) is 1. The van der Waals surface area contributed by atoms with Crippen LogP contribution in [-0.4, -0.2) is 24.8 Å². The fraction of sp³-hybridized carbons (Fsp3) is 0.800. The second-order valence-corrected chi connectivity index (χ2v) is 6.56. The molecule has 0 aromatic carbocycles. The van der Waals surface area contributed by atoms with Gasteiger partial charge in [-0.1, -0.05) is 6.08 Å². The van der Waals surface area contributed by atoms with Crippen LogP contribution in [0.5, 0.6) is 0 Å². The van der Waals surface area contributed by atoms with Crippen molar-refractivity contribution < 1.29 is 14.3 Å². The standard InChI is InChI=1S/C15H20O3/c1-15(8-18-15)12-6-5-9-3-2-4-10-11(13(9)12)7-17-14(10)16/h4,9,11-13H,2-3,5-8H2,1H3/t9-,11-,12-,13-,15+/m0/s1. The zero-order valence-electron chi connectivity index (χ0n) is 10.9. The Morgan fingerprint density at radius 2 is 2.17 bits per heavy atom. The minimum atomic E-state index is -0.0619. The van der Waals surface area contributed by atoms with E-state index in [4.69, 9.17) is 9.47 Å². The molecule has 0 bridgehead atoms. The first kappa shape index (κ1) is 11.0. The molecule has 3 nitrogen and oxygen atoms in total. The van der Waals surface area contributed by atoms with E-state index in [0.717, 1.165) is 24.5 Å². The Morgan fingerprint density at radius 3 is 2.94 bits per heavy atom. The van der Waals surface area contributed by atoms with Crippen LogP contribution in [0.25, 0.3) is 0 Å². The second-order valence-electron chi connectivity index (χ2n) is 6.56. The van der Waals surface area contributed by atoms with E-state index in [9.17, 15) is 4.79 Å². The molecular formula is C15H20O3. The van der Waals surface area contributed by atoms with Crippen molar-refractivity contribution in [2.45, 2.75) is 38.2 Å². The summed E-state index contributed by atoms with van der Waals surface area (Å²) in [7, 11) is 0. The topological polar surface area (TPSA) is 38.8 Å². The molecule has 0 aromatic rings. The van der Waals surface area contributed by atoms with Crippen LogP contribution in [0.3, 0.4) is 0 Å². The summed E-state index contributed by atoms with van der Waals surface area (Å²) in [5.41, 5.74) is 1.07. The molecule has 0 unspecified atom stereocenters. The lowest BCUT2D eigenvalue weighted by Gasteiger charge is -2.30. The van der Waals surface area contributed by atoms with Crippen molar-refractivity contribution in [1.29, 1.82) is 0 Å². The van der Waals surface area contributed by atoms with Gasteiger partial charge in [-0.25, -0.2) is 4.79 Å². The molecule has 0 aromatic heterocycles. The maximum Gasteiger partial charge on any atom is 0.334 e. The van der Waals surface area contributed by atoms with Gasteiger partial charge in [0.05, 0.1) is 18.8 Å². The van der Waals surface area contributed by atoms with E-state index in [0.29, 0.717) is 24.4 Å². The van der Waals surface area contributed by atoms with Gasteiger partial charge < -0.3 is 9.47 Å². The van der Waals surface area contributed by atoms with Crippen LogP contribution in [-0.2, 0) is 14.3 Å². The third-order valence-electron chi connectivity index (χ3n) is 5.64. The minimum Gasteiger partial charge on any atom is -0.462 e. The number of hydrogen-bond acceptors (Lipinski definition) is 3. The van der Waals surface area contributed by atoms with Crippen LogP contribution in [0.4, 0.5) is 0 Å². The van der Waals surface area contributed by atoms with Crippen molar-refractivity contribution in [3.63, 3.8) is 0 Å². The lowest BCUT2D eigenvalue weighted by atomic mass is 9.73. The molecule has 0 spiro atoms. The number of hydrogen-bond donors (Lipinski definition) is 0. The first-order chi connectivity index (χ1) is 8.69. The number of fused-ring (bicyclic) bond motifs is 3. The number of ether oxygens (including phenoxy) is 2. The predicted octanol–water partition coefficient (Wildman–Crippen LogP) is 2.31. The summed E-state index contributed by atoms with van der Waals surface area (Å²) in [6.45, 7) is 3.76. The highest BCUT2D eigenvalue weighted by molar-refractivity contribution is 5.91. The van der Waals surface area contributed by atoms with Crippen molar-refractivity contribution in [3.05, 3.63) is 11.6 Å². The molecule has 5 atom stereocenters. The Balaban J connectivity index is 1.69. The van der Waals surface area contributed by atoms with E-state index < -0.39 is 0 Å². The van der Waals surface area contributed by atoms with E-state index in [1.807, 2.05) is 0 Å². The van der Waals surface area contributed by atoms with Gasteiger partial charge in [0.15, 0.2) is 0 Å². The van der Waals surface area contributed by atoms with E-state index in [2.05, 4.69) is 13.0 Å². The van der Waals surface area contributed by atoms with Crippen LogP contribution < -0.4 is 0 Å². The predicted molar refractivity (Wildman–Crippen MR) is 65.8 cm³/mol. The van der Waals surface area contributed by atoms with Gasteiger partial charge in [-0.3, -0.25) is 0 Å².